The molecule has 0 saturated heterocycles. The molecule has 1 rings (SSSR count). The van der Waals surface area contributed by atoms with Crippen molar-refractivity contribution in [3.63, 3.8) is 0 Å². The summed E-state index contributed by atoms with van der Waals surface area (Å²) in [5, 5.41) is 0.740. The first-order valence-corrected chi connectivity index (χ1v) is 3.94. The van der Waals surface area contributed by atoms with E-state index in [0.717, 1.165) is 5.00 Å². The van der Waals surface area contributed by atoms with Crippen molar-refractivity contribution in [2.75, 3.05) is 0 Å². The molecule has 0 unspecified atom stereocenters. The molecule has 0 atom stereocenters. The molecular formula is C8H8NSY-. The summed E-state index contributed by atoms with van der Waals surface area (Å²) in [4.78, 5) is 4.48. The smallest absolute Gasteiger partial charge is 0.221 e. The summed E-state index contributed by atoms with van der Waals surface area (Å²) in [6, 6.07) is 4.82. The fourth-order valence-corrected chi connectivity index (χ4v) is 1.39. The maximum Gasteiger partial charge on any atom is 0.221 e. The van der Waals surface area contributed by atoms with Crippen molar-refractivity contribution in [2.24, 2.45) is 0 Å². The quantitative estimate of drug-likeness (QED) is 0.663. The van der Waals surface area contributed by atoms with Gasteiger partial charge in [0.05, 0.1) is 6.57 Å². The third kappa shape index (κ3) is 3.03. The molecule has 0 fully saturated rings. The molecule has 55 valence electrons. The second-order valence-electron chi connectivity index (χ2n) is 2.36. The molecule has 0 aliphatic rings. The number of rotatable bonds is 1. The molecule has 0 N–H and O–H groups in total. The maximum absolute atomic E-state index is 6.71. The van der Waals surface area contributed by atoms with Gasteiger partial charge >= 0.3 is 0 Å². The minimum absolute atomic E-state index is 0. The second-order valence-corrected chi connectivity index (χ2v) is 3.42. The van der Waals surface area contributed by atoms with Crippen LogP contribution < -0.4 is 0 Å². The van der Waals surface area contributed by atoms with Crippen molar-refractivity contribution < 1.29 is 32.7 Å². The molecule has 0 aromatic carbocycles. The summed E-state index contributed by atoms with van der Waals surface area (Å²) in [7, 11) is 0. The summed E-state index contributed by atoms with van der Waals surface area (Å²) in [6.07, 6.45) is 0. The standard InChI is InChI=1S/C8H8NS.Y/c1-6(2)7-4-5-8(9-3)10-7;/h5-6H,1-2H3;/q-1;. The van der Waals surface area contributed by atoms with Crippen molar-refractivity contribution in [2.45, 2.75) is 19.8 Å². The monoisotopic (exact) mass is 239 g/mol. The molecule has 1 radical (unpaired) electrons. The third-order valence-corrected chi connectivity index (χ3v) is 2.41. The fourth-order valence-electron chi connectivity index (χ4n) is 0.644. The molecule has 0 bridgehead atoms. The molecule has 0 aliphatic carbocycles. The van der Waals surface area contributed by atoms with Gasteiger partial charge in [-0.1, -0.05) is 18.7 Å². The van der Waals surface area contributed by atoms with Crippen molar-refractivity contribution in [1.82, 2.24) is 0 Å². The molecular weight excluding hydrogens is 231 g/mol. The normalized spacial score (nSPS) is 8.91. The molecule has 0 spiro atoms. The Bertz CT molecular complexity index is 259. The molecule has 3 heteroatoms. The Kier molecular flexibility index (Phi) is 5.17. The Morgan fingerprint density at radius 2 is 2.27 bits per heavy atom. The number of hydrogen-bond acceptors (Lipinski definition) is 1. The van der Waals surface area contributed by atoms with Gasteiger partial charge in [0.1, 0.15) is 0 Å². The van der Waals surface area contributed by atoms with Gasteiger partial charge in [-0.25, -0.2) is 10.9 Å². The predicted molar refractivity (Wildman–Crippen MR) is 43.5 cm³/mol. The molecule has 11 heavy (non-hydrogen) atoms. The summed E-state index contributed by atoms with van der Waals surface area (Å²) in [5.41, 5.74) is 0. The van der Waals surface area contributed by atoms with E-state index in [4.69, 9.17) is 6.57 Å². The summed E-state index contributed by atoms with van der Waals surface area (Å²) in [5.74, 6) is 0.500. The van der Waals surface area contributed by atoms with E-state index < -0.39 is 0 Å². The van der Waals surface area contributed by atoms with Crippen LogP contribution in [0.4, 0.5) is 5.00 Å². The second kappa shape index (κ2) is 5.03. The van der Waals surface area contributed by atoms with Crippen molar-refractivity contribution in [1.29, 1.82) is 0 Å². The number of hydrogen-bond donors (Lipinski definition) is 0. The molecule has 1 heterocycles. The van der Waals surface area contributed by atoms with Crippen molar-refractivity contribution in [3.8, 4) is 0 Å². The Balaban J connectivity index is 0.000001000. The third-order valence-electron chi connectivity index (χ3n) is 1.19. The Morgan fingerprint density at radius 3 is 2.55 bits per heavy atom. The van der Waals surface area contributed by atoms with Crippen LogP contribution in [0.5, 0.6) is 0 Å². The van der Waals surface area contributed by atoms with Gasteiger partial charge in [-0.15, -0.1) is 6.07 Å². The van der Waals surface area contributed by atoms with E-state index in [1.807, 2.05) is 0 Å². The van der Waals surface area contributed by atoms with E-state index >= 15 is 0 Å². The molecule has 1 aromatic rings. The largest absolute Gasteiger partial charge is 0.230 e. The minimum atomic E-state index is 0. The average Bonchev–Trinajstić information content (AvgIpc) is 2.34. The Morgan fingerprint density at radius 1 is 1.64 bits per heavy atom. The van der Waals surface area contributed by atoms with Gasteiger partial charge in [0.2, 0.25) is 5.00 Å². The van der Waals surface area contributed by atoms with Gasteiger partial charge < -0.3 is 0 Å². The Hall–Kier alpha value is 0.294. The first-order valence-electron chi connectivity index (χ1n) is 3.13. The van der Waals surface area contributed by atoms with Crippen LogP contribution in [0.2, 0.25) is 0 Å². The molecule has 0 saturated carbocycles. The fraction of sp³-hybridized carbons (Fsp3) is 0.375. The van der Waals surface area contributed by atoms with Gasteiger partial charge in [0.25, 0.3) is 0 Å². The van der Waals surface area contributed by atoms with E-state index in [1.165, 1.54) is 16.2 Å². The van der Waals surface area contributed by atoms with Crippen LogP contribution in [0.3, 0.4) is 0 Å². The zero-order valence-corrected chi connectivity index (χ0v) is 10.2. The predicted octanol–water partition coefficient (Wildman–Crippen LogP) is 3.22. The van der Waals surface area contributed by atoms with Crippen molar-refractivity contribution >= 4 is 16.3 Å². The van der Waals surface area contributed by atoms with Gasteiger partial charge in [-0.3, -0.25) is 0 Å². The van der Waals surface area contributed by atoms with Crippen LogP contribution in [-0.4, -0.2) is 0 Å². The van der Waals surface area contributed by atoms with Crippen LogP contribution in [0.1, 0.15) is 24.6 Å². The Labute approximate surface area is 96.5 Å². The topological polar surface area (TPSA) is 4.36 Å². The van der Waals surface area contributed by atoms with E-state index in [2.05, 4.69) is 24.8 Å². The minimum Gasteiger partial charge on any atom is -0.230 e. The summed E-state index contributed by atoms with van der Waals surface area (Å²) >= 11 is 1.53. The zero-order chi connectivity index (χ0) is 7.56. The van der Waals surface area contributed by atoms with Crippen LogP contribution >= 0.6 is 11.3 Å². The van der Waals surface area contributed by atoms with Crippen LogP contribution in [0, 0.1) is 12.6 Å². The van der Waals surface area contributed by atoms with Crippen LogP contribution in [-0.2, 0) is 32.7 Å². The van der Waals surface area contributed by atoms with Gasteiger partial charge in [-0.05, 0) is 5.92 Å². The van der Waals surface area contributed by atoms with Crippen LogP contribution in [0.25, 0.3) is 4.85 Å². The zero-order valence-electron chi connectivity index (χ0n) is 6.59. The molecule has 1 nitrogen and oxygen atoms in total. The van der Waals surface area contributed by atoms with Crippen molar-refractivity contribution in [3.05, 3.63) is 28.4 Å². The van der Waals surface area contributed by atoms with Gasteiger partial charge in [-0.2, -0.15) is 11.3 Å². The van der Waals surface area contributed by atoms with Crippen LogP contribution in [0.15, 0.2) is 6.07 Å². The van der Waals surface area contributed by atoms with E-state index in [9.17, 15) is 0 Å². The van der Waals surface area contributed by atoms with E-state index in [-0.39, 0.29) is 32.7 Å². The van der Waals surface area contributed by atoms with E-state index in [1.54, 1.807) is 6.07 Å². The molecule has 0 aliphatic heterocycles. The molecule has 1 aromatic heterocycles. The van der Waals surface area contributed by atoms with Gasteiger partial charge in [0, 0.05) is 32.7 Å². The molecule has 0 amide bonds. The maximum atomic E-state index is 6.71. The number of nitrogens with zero attached hydrogens (tertiary/aromatic N) is 1. The first kappa shape index (κ1) is 11.3. The van der Waals surface area contributed by atoms with Gasteiger partial charge in [0.15, 0.2) is 0 Å². The summed E-state index contributed by atoms with van der Waals surface area (Å²) in [6.45, 7) is 10.9. The first-order chi connectivity index (χ1) is 4.74. The SMILES string of the molecule is [C-]#[N+]c1c[c-]c(C(C)C)s1.[Y]. The summed E-state index contributed by atoms with van der Waals surface area (Å²) < 4.78 is 0. The van der Waals surface area contributed by atoms with E-state index in [0.29, 0.717) is 5.92 Å². The average molecular weight is 239 g/mol. The number of thiophene rings is 1.